The average Bonchev–Trinajstić information content (AvgIpc) is 2.10. The minimum atomic E-state index is -0.0864. The lowest BCUT2D eigenvalue weighted by atomic mass is 10.1. The molecule has 3 nitrogen and oxygen atoms in total. The van der Waals surface area contributed by atoms with Gasteiger partial charge in [-0.2, -0.15) is 0 Å². The second kappa shape index (κ2) is 6.66. The number of nitrogens with one attached hydrogen (secondary N) is 1. The van der Waals surface area contributed by atoms with Crippen molar-refractivity contribution in [3.05, 3.63) is 12.7 Å². The van der Waals surface area contributed by atoms with Gasteiger partial charge in [0.05, 0.1) is 0 Å². The van der Waals surface area contributed by atoms with Crippen molar-refractivity contribution in [3.63, 3.8) is 0 Å². The Morgan fingerprint density at radius 2 is 2.23 bits per heavy atom. The highest BCUT2D eigenvalue weighted by Crippen LogP contribution is 2.00. The maximum absolute atomic E-state index is 10.8. The van der Waals surface area contributed by atoms with Gasteiger partial charge in [-0.3, -0.25) is 4.79 Å². The van der Waals surface area contributed by atoms with Crippen LogP contribution in [0, 0.1) is 5.92 Å². The SMILES string of the molecule is C=CC(=O)NCC(C)CCN(C)C. The van der Waals surface area contributed by atoms with Crippen molar-refractivity contribution in [2.24, 2.45) is 5.92 Å². The Hall–Kier alpha value is -0.830. The van der Waals surface area contributed by atoms with Crippen LogP contribution in [-0.2, 0) is 4.79 Å². The lowest BCUT2D eigenvalue weighted by Crippen LogP contribution is -2.28. The fourth-order valence-electron chi connectivity index (χ4n) is 0.928. The van der Waals surface area contributed by atoms with Gasteiger partial charge in [0, 0.05) is 6.54 Å². The van der Waals surface area contributed by atoms with E-state index in [1.54, 1.807) is 0 Å². The van der Waals surface area contributed by atoms with Crippen LogP contribution < -0.4 is 5.32 Å². The highest BCUT2D eigenvalue weighted by molar-refractivity contribution is 5.86. The molecule has 0 aliphatic heterocycles. The van der Waals surface area contributed by atoms with E-state index in [2.05, 4.69) is 37.8 Å². The predicted octanol–water partition coefficient (Wildman–Crippen LogP) is 0.876. The van der Waals surface area contributed by atoms with Gasteiger partial charge in [0.15, 0.2) is 0 Å². The summed E-state index contributed by atoms with van der Waals surface area (Å²) in [5, 5.41) is 2.78. The molecule has 0 fully saturated rings. The molecule has 0 aromatic heterocycles. The first-order valence-electron chi connectivity index (χ1n) is 4.61. The zero-order valence-corrected chi connectivity index (χ0v) is 8.84. The second-order valence-electron chi connectivity index (χ2n) is 3.65. The first kappa shape index (κ1) is 12.2. The maximum Gasteiger partial charge on any atom is 0.243 e. The molecule has 0 aliphatic carbocycles. The molecule has 0 rings (SSSR count). The summed E-state index contributed by atoms with van der Waals surface area (Å²) in [4.78, 5) is 13.0. The van der Waals surface area contributed by atoms with Crippen molar-refractivity contribution in [3.8, 4) is 0 Å². The summed E-state index contributed by atoms with van der Waals surface area (Å²) in [7, 11) is 4.10. The molecule has 0 radical (unpaired) electrons. The van der Waals surface area contributed by atoms with E-state index in [1.807, 2.05) is 0 Å². The quantitative estimate of drug-likeness (QED) is 0.621. The molecule has 0 saturated heterocycles. The van der Waals surface area contributed by atoms with Crippen LogP contribution in [0.15, 0.2) is 12.7 Å². The summed E-state index contributed by atoms with van der Waals surface area (Å²) in [6.45, 7) is 7.32. The van der Waals surface area contributed by atoms with Crippen LogP contribution >= 0.6 is 0 Å². The van der Waals surface area contributed by atoms with E-state index in [0.29, 0.717) is 5.92 Å². The van der Waals surface area contributed by atoms with Crippen LogP contribution in [0.4, 0.5) is 0 Å². The van der Waals surface area contributed by atoms with Crippen LogP contribution in [0.5, 0.6) is 0 Å². The summed E-state index contributed by atoms with van der Waals surface area (Å²) >= 11 is 0. The van der Waals surface area contributed by atoms with Gasteiger partial charge >= 0.3 is 0 Å². The van der Waals surface area contributed by atoms with Gasteiger partial charge in [-0.25, -0.2) is 0 Å². The predicted molar refractivity (Wildman–Crippen MR) is 55.5 cm³/mol. The third-order valence-corrected chi connectivity index (χ3v) is 1.88. The van der Waals surface area contributed by atoms with Crippen molar-refractivity contribution >= 4 is 5.91 Å². The highest BCUT2D eigenvalue weighted by atomic mass is 16.1. The summed E-state index contributed by atoms with van der Waals surface area (Å²) in [6.07, 6.45) is 2.41. The van der Waals surface area contributed by atoms with Gasteiger partial charge in [-0.05, 0) is 39.1 Å². The van der Waals surface area contributed by atoms with Crippen LogP contribution in [0.2, 0.25) is 0 Å². The first-order valence-corrected chi connectivity index (χ1v) is 4.61. The zero-order chi connectivity index (χ0) is 10.3. The van der Waals surface area contributed by atoms with Crippen LogP contribution in [0.3, 0.4) is 0 Å². The van der Waals surface area contributed by atoms with E-state index >= 15 is 0 Å². The van der Waals surface area contributed by atoms with Crippen LogP contribution in [0.25, 0.3) is 0 Å². The molecule has 13 heavy (non-hydrogen) atoms. The largest absolute Gasteiger partial charge is 0.352 e. The molecule has 3 heteroatoms. The smallest absolute Gasteiger partial charge is 0.243 e. The van der Waals surface area contributed by atoms with E-state index in [4.69, 9.17) is 0 Å². The number of hydrogen-bond acceptors (Lipinski definition) is 2. The van der Waals surface area contributed by atoms with Gasteiger partial charge in [0.2, 0.25) is 5.91 Å². The molecule has 0 aliphatic rings. The van der Waals surface area contributed by atoms with Gasteiger partial charge in [-0.15, -0.1) is 0 Å². The molecule has 0 bridgehead atoms. The molecule has 0 spiro atoms. The Morgan fingerprint density at radius 1 is 1.62 bits per heavy atom. The van der Waals surface area contributed by atoms with Crippen molar-refractivity contribution in [2.75, 3.05) is 27.2 Å². The lowest BCUT2D eigenvalue weighted by molar-refractivity contribution is -0.116. The average molecular weight is 184 g/mol. The monoisotopic (exact) mass is 184 g/mol. The summed E-state index contributed by atoms with van der Waals surface area (Å²) in [5.41, 5.74) is 0. The molecular formula is C10H20N2O. The third kappa shape index (κ3) is 7.53. The van der Waals surface area contributed by atoms with Crippen molar-refractivity contribution in [2.45, 2.75) is 13.3 Å². The van der Waals surface area contributed by atoms with E-state index in [1.165, 1.54) is 6.08 Å². The Labute approximate surface area is 80.8 Å². The number of nitrogens with zero attached hydrogens (tertiary/aromatic N) is 1. The zero-order valence-electron chi connectivity index (χ0n) is 8.84. The van der Waals surface area contributed by atoms with Gasteiger partial charge in [0.25, 0.3) is 0 Å². The van der Waals surface area contributed by atoms with Crippen molar-refractivity contribution in [1.29, 1.82) is 0 Å². The first-order chi connectivity index (χ1) is 6.06. The van der Waals surface area contributed by atoms with Crippen LogP contribution in [-0.4, -0.2) is 38.0 Å². The fraction of sp³-hybridized carbons (Fsp3) is 0.700. The van der Waals surface area contributed by atoms with Crippen LogP contribution in [0.1, 0.15) is 13.3 Å². The Balaban J connectivity index is 3.45. The van der Waals surface area contributed by atoms with E-state index < -0.39 is 0 Å². The van der Waals surface area contributed by atoms with E-state index in [9.17, 15) is 4.79 Å². The molecule has 0 aromatic rings. The Kier molecular flexibility index (Phi) is 6.24. The van der Waals surface area contributed by atoms with Gasteiger partial charge in [-0.1, -0.05) is 13.5 Å². The topological polar surface area (TPSA) is 32.3 Å². The number of carbonyl (C=O) groups excluding carboxylic acids is 1. The van der Waals surface area contributed by atoms with Gasteiger partial charge < -0.3 is 10.2 Å². The molecule has 1 atom stereocenters. The van der Waals surface area contributed by atoms with Crippen molar-refractivity contribution in [1.82, 2.24) is 10.2 Å². The van der Waals surface area contributed by atoms with E-state index in [0.717, 1.165) is 19.5 Å². The van der Waals surface area contributed by atoms with Crippen molar-refractivity contribution < 1.29 is 4.79 Å². The maximum atomic E-state index is 10.8. The fourth-order valence-corrected chi connectivity index (χ4v) is 0.928. The summed E-state index contributed by atoms with van der Waals surface area (Å²) < 4.78 is 0. The van der Waals surface area contributed by atoms with Gasteiger partial charge in [0.1, 0.15) is 0 Å². The molecular weight excluding hydrogens is 164 g/mol. The second-order valence-corrected chi connectivity index (χ2v) is 3.65. The minimum Gasteiger partial charge on any atom is -0.352 e. The molecule has 76 valence electrons. The summed E-state index contributed by atoms with van der Waals surface area (Å²) in [5.74, 6) is 0.433. The summed E-state index contributed by atoms with van der Waals surface area (Å²) in [6, 6.07) is 0. The minimum absolute atomic E-state index is 0.0864. The number of rotatable bonds is 6. The lowest BCUT2D eigenvalue weighted by Gasteiger charge is -2.14. The molecule has 1 unspecified atom stereocenters. The molecule has 0 heterocycles. The standard InChI is InChI=1S/C10H20N2O/c1-5-10(13)11-8-9(2)6-7-12(3)4/h5,9H,1,6-8H2,2-4H3,(H,11,13). The normalized spacial score (nSPS) is 12.6. The highest BCUT2D eigenvalue weighted by Gasteiger charge is 2.03. The molecule has 0 aromatic carbocycles. The van der Waals surface area contributed by atoms with E-state index in [-0.39, 0.29) is 5.91 Å². The molecule has 0 saturated carbocycles. The third-order valence-electron chi connectivity index (χ3n) is 1.88. The Bertz CT molecular complexity index is 166. The molecule has 1 amide bonds. The number of amides is 1. The Morgan fingerprint density at radius 3 is 2.69 bits per heavy atom. The number of hydrogen-bond donors (Lipinski definition) is 1. The number of carbonyl (C=O) groups is 1. The molecule has 1 N–H and O–H groups in total.